The fraction of sp³-hybridized carbons (Fsp3) is 0.562. The molecule has 0 radical (unpaired) electrons. The third-order valence-corrected chi connectivity index (χ3v) is 3.04. The van der Waals surface area contributed by atoms with Crippen molar-refractivity contribution in [1.82, 2.24) is 5.32 Å². The highest BCUT2D eigenvalue weighted by Gasteiger charge is 2.05. The first-order valence-corrected chi connectivity index (χ1v) is 7.26. The van der Waals surface area contributed by atoms with E-state index in [4.69, 9.17) is 14.2 Å². The van der Waals surface area contributed by atoms with Crippen LogP contribution in [-0.4, -0.2) is 39.9 Å². The maximum atomic E-state index is 11.7. The number of hydrogen-bond donors (Lipinski definition) is 1. The van der Waals surface area contributed by atoms with E-state index in [1.54, 1.807) is 14.2 Å². The summed E-state index contributed by atoms with van der Waals surface area (Å²) in [5.74, 6) is 1.52. The predicted octanol–water partition coefficient (Wildman–Crippen LogP) is 2.18. The molecule has 0 aliphatic rings. The van der Waals surface area contributed by atoms with Gasteiger partial charge >= 0.3 is 0 Å². The first-order valence-electron chi connectivity index (χ1n) is 7.26. The fourth-order valence-electron chi connectivity index (χ4n) is 1.90. The summed E-state index contributed by atoms with van der Waals surface area (Å²) in [6.45, 7) is 4.01. The lowest BCUT2D eigenvalue weighted by Gasteiger charge is -2.09. The highest BCUT2D eigenvalue weighted by molar-refractivity contribution is 5.76. The summed E-state index contributed by atoms with van der Waals surface area (Å²) in [7, 11) is 3.23. The molecule has 0 saturated heterocycles. The minimum atomic E-state index is 0.0493. The quantitative estimate of drug-likeness (QED) is 0.672. The SMILES string of the molecule is CCOCCCNC(=O)CCc1cc(OC)cc(OC)c1. The van der Waals surface area contributed by atoms with Crippen LogP contribution in [0.25, 0.3) is 0 Å². The summed E-state index contributed by atoms with van der Waals surface area (Å²) >= 11 is 0. The Bertz CT molecular complexity index is 412. The van der Waals surface area contributed by atoms with Gasteiger partial charge in [-0.05, 0) is 37.5 Å². The van der Waals surface area contributed by atoms with Gasteiger partial charge in [0.15, 0.2) is 0 Å². The Morgan fingerprint density at radius 1 is 1.14 bits per heavy atom. The van der Waals surface area contributed by atoms with Crippen LogP contribution in [0, 0.1) is 0 Å². The molecule has 1 amide bonds. The Kier molecular flexibility index (Phi) is 8.28. The van der Waals surface area contributed by atoms with Crippen LogP contribution in [0.2, 0.25) is 0 Å². The molecular weight excluding hydrogens is 270 g/mol. The van der Waals surface area contributed by atoms with Gasteiger partial charge in [0.05, 0.1) is 14.2 Å². The number of rotatable bonds is 10. The van der Waals surface area contributed by atoms with Crippen molar-refractivity contribution in [1.29, 1.82) is 0 Å². The summed E-state index contributed by atoms with van der Waals surface area (Å²) in [5.41, 5.74) is 1.02. The molecule has 5 heteroatoms. The average Bonchev–Trinajstić information content (AvgIpc) is 2.52. The summed E-state index contributed by atoms with van der Waals surface area (Å²) < 4.78 is 15.6. The number of amides is 1. The van der Waals surface area contributed by atoms with E-state index in [-0.39, 0.29) is 5.91 Å². The standard InChI is InChI=1S/C16H25NO4/c1-4-21-9-5-8-17-16(18)7-6-13-10-14(19-2)12-15(11-13)20-3/h10-12H,4-9H2,1-3H3,(H,17,18). The minimum Gasteiger partial charge on any atom is -0.497 e. The highest BCUT2D eigenvalue weighted by Crippen LogP contribution is 2.23. The van der Waals surface area contributed by atoms with Gasteiger partial charge in [-0.25, -0.2) is 0 Å². The molecule has 0 fully saturated rings. The van der Waals surface area contributed by atoms with Crippen LogP contribution in [0.15, 0.2) is 18.2 Å². The molecule has 21 heavy (non-hydrogen) atoms. The highest BCUT2D eigenvalue weighted by atomic mass is 16.5. The van der Waals surface area contributed by atoms with Gasteiger partial charge in [0, 0.05) is 32.2 Å². The van der Waals surface area contributed by atoms with Crippen LogP contribution in [0.5, 0.6) is 11.5 Å². The predicted molar refractivity (Wildman–Crippen MR) is 82.0 cm³/mol. The molecule has 0 bridgehead atoms. The summed E-state index contributed by atoms with van der Waals surface area (Å²) in [4.78, 5) is 11.7. The van der Waals surface area contributed by atoms with Crippen molar-refractivity contribution in [3.8, 4) is 11.5 Å². The van der Waals surface area contributed by atoms with Crippen LogP contribution in [0.4, 0.5) is 0 Å². The molecule has 0 saturated carbocycles. The second-order valence-electron chi connectivity index (χ2n) is 4.62. The zero-order valence-electron chi connectivity index (χ0n) is 13.1. The first kappa shape index (κ1) is 17.3. The normalized spacial score (nSPS) is 10.2. The van der Waals surface area contributed by atoms with Crippen molar-refractivity contribution in [2.45, 2.75) is 26.2 Å². The Morgan fingerprint density at radius 3 is 2.38 bits per heavy atom. The number of carbonyl (C=O) groups is 1. The van der Waals surface area contributed by atoms with Gasteiger partial charge in [0.2, 0.25) is 5.91 Å². The molecule has 118 valence electrons. The Balaban J connectivity index is 2.35. The molecule has 0 atom stereocenters. The molecule has 5 nitrogen and oxygen atoms in total. The second kappa shape index (κ2) is 10.0. The van der Waals surface area contributed by atoms with Gasteiger partial charge in [-0.15, -0.1) is 0 Å². The van der Waals surface area contributed by atoms with Crippen LogP contribution >= 0.6 is 0 Å². The van der Waals surface area contributed by atoms with Crippen LogP contribution < -0.4 is 14.8 Å². The molecular formula is C16H25NO4. The molecule has 1 N–H and O–H groups in total. The maximum Gasteiger partial charge on any atom is 0.220 e. The van der Waals surface area contributed by atoms with E-state index in [0.29, 0.717) is 32.6 Å². The summed E-state index contributed by atoms with van der Waals surface area (Å²) in [5, 5.41) is 2.89. The smallest absolute Gasteiger partial charge is 0.220 e. The van der Waals surface area contributed by atoms with E-state index in [2.05, 4.69) is 5.32 Å². The van der Waals surface area contributed by atoms with Gasteiger partial charge in [0.1, 0.15) is 11.5 Å². The molecule has 0 aromatic heterocycles. The van der Waals surface area contributed by atoms with Crippen molar-refractivity contribution in [2.75, 3.05) is 34.0 Å². The number of hydrogen-bond acceptors (Lipinski definition) is 4. The van der Waals surface area contributed by atoms with Crippen molar-refractivity contribution >= 4 is 5.91 Å². The first-order chi connectivity index (χ1) is 10.2. The van der Waals surface area contributed by atoms with Gasteiger partial charge in [-0.2, -0.15) is 0 Å². The zero-order chi connectivity index (χ0) is 15.5. The van der Waals surface area contributed by atoms with Crippen molar-refractivity contribution in [3.05, 3.63) is 23.8 Å². The third kappa shape index (κ3) is 6.99. The van der Waals surface area contributed by atoms with E-state index >= 15 is 0 Å². The van der Waals surface area contributed by atoms with Crippen molar-refractivity contribution < 1.29 is 19.0 Å². The zero-order valence-corrected chi connectivity index (χ0v) is 13.1. The number of methoxy groups -OCH3 is 2. The van der Waals surface area contributed by atoms with E-state index in [1.165, 1.54) is 0 Å². The van der Waals surface area contributed by atoms with Gasteiger partial charge in [-0.1, -0.05) is 0 Å². The average molecular weight is 295 g/mol. The number of benzene rings is 1. The topological polar surface area (TPSA) is 56.8 Å². The number of ether oxygens (including phenoxy) is 3. The summed E-state index contributed by atoms with van der Waals surface area (Å²) in [6, 6.07) is 5.66. The molecule has 0 spiro atoms. The van der Waals surface area contributed by atoms with E-state index in [0.717, 1.165) is 23.5 Å². The monoisotopic (exact) mass is 295 g/mol. The van der Waals surface area contributed by atoms with E-state index in [9.17, 15) is 4.79 Å². The van der Waals surface area contributed by atoms with Crippen molar-refractivity contribution in [3.63, 3.8) is 0 Å². The Morgan fingerprint density at radius 2 is 1.81 bits per heavy atom. The number of carbonyl (C=O) groups excluding carboxylic acids is 1. The Labute approximate surface area is 126 Å². The van der Waals surface area contributed by atoms with E-state index in [1.807, 2.05) is 25.1 Å². The largest absolute Gasteiger partial charge is 0.497 e. The molecule has 0 aliphatic heterocycles. The molecule has 1 aromatic carbocycles. The molecule has 1 aromatic rings. The minimum absolute atomic E-state index is 0.0493. The maximum absolute atomic E-state index is 11.7. The molecule has 1 rings (SSSR count). The number of nitrogens with one attached hydrogen (secondary N) is 1. The second-order valence-corrected chi connectivity index (χ2v) is 4.62. The molecule has 0 unspecified atom stereocenters. The van der Waals surface area contributed by atoms with Crippen LogP contribution in [0.3, 0.4) is 0 Å². The van der Waals surface area contributed by atoms with E-state index < -0.39 is 0 Å². The Hall–Kier alpha value is -1.75. The summed E-state index contributed by atoms with van der Waals surface area (Å²) in [6.07, 6.45) is 1.95. The lowest BCUT2D eigenvalue weighted by molar-refractivity contribution is -0.121. The molecule has 0 heterocycles. The van der Waals surface area contributed by atoms with Gasteiger partial charge < -0.3 is 19.5 Å². The third-order valence-electron chi connectivity index (χ3n) is 3.04. The lowest BCUT2D eigenvalue weighted by Crippen LogP contribution is -2.25. The van der Waals surface area contributed by atoms with Gasteiger partial charge in [-0.3, -0.25) is 4.79 Å². The molecule has 0 aliphatic carbocycles. The van der Waals surface area contributed by atoms with Crippen molar-refractivity contribution in [2.24, 2.45) is 0 Å². The number of aryl methyl sites for hydroxylation is 1. The van der Waals surface area contributed by atoms with Gasteiger partial charge in [0.25, 0.3) is 0 Å². The fourth-order valence-corrected chi connectivity index (χ4v) is 1.90. The van der Waals surface area contributed by atoms with Crippen LogP contribution in [0.1, 0.15) is 25.3 Å². The van der Waals surface area contributed by atoms with Crippen LogP contribution in [-0.2, 0) is 16.0 Å². The lowest BCUT2D eigenvalue weighted by atomic mass is 10.1.